The van der Waals surface area contributed by atoms with E-state index in [-0.39, 0.29) is 5.41 Å². The number of methoxy groups -OCH3 is 2. The quantitative estimate of drug-likeness (QED) is 0.923. The van der Waals surface area contributed by atoms with Gasteiger partial charge in [-0.25, -0.2) is 0 Å². The Morgan fingerprint density at radius 1 is 1.06 bits per heavy atom. The molecular formula is C14H21BrO3. The van der Waals surface area contributed by atoms with E-state index in [0.29, 0.717) is 11.5 Å². The maximum Gasteiger partial charge on any atom is 0.142 e. The van der Waals surface area contributed by atoms with Gasteiger partial charge in [-0.1, -0.05) is 20.8 Å². The fourth-order valence-corrected chi connectivity index (χ4v) is 2.35. The monoisotopic (exact) mass is 316 g/mol. The van der Waals surface area contributed by atoms with E-state index in [2.05, 4.69) is 15.9 Å². The summed E-state index contributed by atoms with van der Waals surface area (Å²) in [5.74, 6) is 1.29. The molecule has 0 bridgehead atoms. The van der Waals surface area contributed by atoms with E-state index in [1.807, 2.05) is 32.9 Å². The highest BCUT2D eigenvalue weighted by Gasteiger charge is 2.40. The van der Waals surface area contributed by atoms with Gasteiger partial charge in [0, 0.05) is 5.56 Å². The molecule has 0 saturated carbocycles. The van der Waals surface area contributed by atoms with Gasteiger partial charge in [0.25, 0.3) is 0 Å². The Labute approximate surface area is 117 Å². The van der Waals surface area contributed by atoms with Gasteiger partial charge in [0.1, 0.15) is 16.0 Å². The first kappa shape index (κ1) is 15.3. The fraction of sp³-hybridized carbons (Fsp3) is 0.571. The van der Waals surface area contributed by atoms with Gasteiger partial charge in [-0.15, -0.1) is 0 Å². The van der Waals surface area contributed by atoms with Crippen molar-refractivity contribution in [2.75, 3.05) is 14.2 Å². The van der Waals surface area contributed by atoms with Gasteiger partial charge in [-0.3, -0.25) is 0 Å². The third kappa shape index (κ3) is 2.50. The largest absolute Gasteiger partial charge is 0.495 e. The van der Waals surface area contributed by atoms with E-state index < -0.39 is 5.60 Å². The normalized spacial score (nSPS) is 15.1. The number of halogens is 1. The summed E-state index contributed by atoms with van der Waals surface area (Å²) in [6.45, 7) is 7.77. The molecule has 0 heterocycles. The number of ether oxygens (including phenoxy) is 2. The van der Waals surface area contributed by atoms with E-state index in [1.54, 1.807) is 21.1 Å². The van der Waals surface area contributed by atoms with Crippen molar-refractivity contribution < 1.29 is 14.6 Å². The zero-order chi connectivity index (χ0) is 14.1. The average Bonchev–Trinajstić information content (AvgIpc) is 2.26. The molecule has 1 atom stereocenters. The van der Waals surface area contributed by atoms with Crippen LogP contribution in [-0.2, 0) is 5.60 Å². The van der Waals surface area contributed by atoms with Gasteiger partial charge in [0.05, 0.1) is 19.8 Å². The first-order valence-corrected chi connectivity index (χ1v) is 6.59. The Kier molecular flexibility index (Phi) is 4.34. The molecule has 4 heteroatoms. The number of hydrogen-bond donors (Lipinski definition) is 1. The third-order valence-electron chi connectivity index (χ3n) is 3.47. The van der Waals surface area contributed by atoms with Crippen LogP contribution in [0.25, 0.3) is 0 Å². The second-order valence-corrected chi connectivity index (χ2v) is 6.28. The molecular weight excluding hydrogens is 296 g/mol. The second kappa shape index (κ2) is 5.10. The lowest BCUT2D eigenvalue weighted by Gasteiger charge is -2.38. The molecule has 0 aliphatic carbocycles. The summed E-state index contributed by atoms with van der Waals surface area (Å²) >= 11 is 3.45. The molecule has 3 nitrogen and oxygen atoms in total. The Morgan fingerprint density at radius 2 is 1.61 bits per heavy atom. The highest BCUT2D eigenvalue weighted by Crippen LogP contribution is 2.47. The van der Waals surface area contributed by atoms with Crippen molar-refractivity contribution >= 4 is 15.9 Å². The molecule has 1 unspecified atom stereocenters. The standard InChI is InChI=1S/C14H21BrO3/c1-13(2,3)14(4,16)9-7-8-10(17-5)11(15)12(9)18-6/h7-8,16H,1-6H3. The van der Waals surface area contributed by atoms with Crippen LogP contribution in [0.2, 0.25) is 0 Å². The topological polar surface area (TPSA) is 38.7 Å². The Bertz CT molecular complexity index is 433. The summed E-state index contributed by atoms with van der Waals surface area (Å²) in [6.07, 6.45) is 0. The van der Waals surface area contributed by atoms with Crippen LogP contribution in [0.3, 0.4) is 0 Å². The van der Waals surface area contributed by atoms with Crippen LogP contribution in [0.4, 0.5) is 0 Å². The fourth-order valence-electron chi connectivity index (χ4n) is 1.68. The van der Waals surface area contributed by atoms with Crippen molar-refractivity contribution in [2.24, 2.45) is 5.41 Å². The van der Waals surface area contributed by atoms with Gasteiger partial charge >= 0.3 is 0 Å². The van der Waals surface area contributed by atoms with Crippen LogP contribution in [0, 0.1) is 5.41 Å². The van der Waals surface area contributed by atoms with E-state index in [9.17, 15) is 5.11 Å². The third-order valence-corrected chi connectivity index (χ3v) is 4.22. The lowest BCUT2D eigenvalue weighted by Crippen LogP contribution is -2.37. The smallest absolute Gasteiger partial charge is 0.142 e. The van der Waals surface area contributed by atoms with Crippen molar-refractivity contribution in [2.45, 2.75) is 33.3 Å². The van der Waals surface area contributed by atoms with Crippen LogP contribution < -0.4 is 9.47 Å². The minimum atomic E-state index is -1.01. The molecule has 1 rings (SSSR count). The molecule has 0 spiro atoms. The van der Waals surface area contributed by atoms with Crippen molar-refractivity contribution in [1.82, 2.24) is 0 Å². The summed E-state index contributed by atoms with van der Waals surface area (Å²) < 4.78 is 11.4. The molecule has 1 aromatic carbocycles. The van der Waals surface area contributed by atoms with Crippen molar-refractivity contribution in [1.29, 1.82) is 0 Å². The molecule has 0 amide bonds. The number of benzene rings is 1. The zero-order valence-electron chi connectivity index (χ0n) is 11.8. The Hall–Kier alpha value is -0.740. The summed E-state index contributed by atoms with van der Waals surface area (Å²) in [7, 11) is 3.18. The van der Waals surface area contributed by atoms with Gasteiger partial charge in [0.15, 0.2) is 0 Å². The lowest BCUT2D eigenvalue weighted by atomic mass is 9.73. The maximum atomic E-state index is 10.8. The van der Waals surface area contributed by atoms with Crippen molar-refractivity contribution in [3.8, 4) is 11.5 Å². The molecule has 18 heavy (non-hydrogen) atoms. The predicted octanol–water partition coefficient (Wildman–Crippen LogP) is 3.72. The van der Waals surface area contributed by atoms with Gasteiger partial charge in [0.2, 0.25) is 0 Å². The van der Waals surface area contributed by atoms with Crippen molar-refractivity contribution in [3.05, 3.63) is 22.2 Å². The number of aliphatic hydroxyl groups is 1. The molecule has 1 aromatic rings. The van der Waals surface area contributed by atoms with Crippen LogP contribution >= 0.6 is 15.9 Å². The first-order chi connectivity index (χ1) is 8.16. The summed E-state index contributed by atoms with van der Waals surface area (Å²) in [5.41, 5.74) is -0.577. The molecule has 0 fully saturated rings. The minimum Gasteiger partial charge on any atom is -0.495 e. The first-order valence-electron chi connectivity index (χ1n) is 5.80. The van der Waals surface area contributed by atoms with Crippen LogP contribution in [0.15, 0.2) is 16.6 Å². The van der Waals surface area contributed by atoms with Crippen LogP contribution in [0.5, 0.6) is 11.5 Å². The summed E-state index contributed by atoms with van der Waals surface area (Å²) in [4.78, 5) is 0. The van der Waals surface area contributed by atoms with Crippen LogP contribution in [0.1, 0.15) is 33.3 Å². The lowest BCUT2D eigenvalue weighted by molar-refractivity contribution is -0.0486. The van der Waals surface area contributed by atoms with Crippen LogP contribution in [-0.4, -0.2) is 19.3 Å². The zero-order valence-corrected chi connectivity index (χ0v) is 13.4. The molecule has 102 valence electrons. The highest BCUT2D eigenvalue weighted by molar-refractivity contribution is 9.10. The Balaban J connectivity index is 3.48. The molecule has 0 aromatic heterocycles. The highest BCUT2D eigenvalue weighted by atomic mass is 79.9. The molecule has 0 aliphatic heterocycles. The van der Waals surface area contributed by atoms with Crippen molar-refractivity contribution in [3.63, 3.8) is 0 Å². The Morgan fingerprint density at radius 3 is 2.00 bits per heavy atom. The van der Waals surface area contributed by atoms with E-state index in [4.69, 9.17) is 9.47 Å². The predicted molar refractivity (Wildman–Crippen MR) is 76.3 cm³/mol. The SMILES string of the molecule is COc1ccc(C(C)(O)C(C)(C)C)c(OC)c1Br. The minimum absolute atomic E-state index is 0.311. The second-order valence-electron chi connectivity index (χ2n) is 5.48. The van der Waals surface area contributed by atoms with Gasteiger partial charge in [-0.05, 0) is 40.4 Å². The van der Waals surface area contributed by atoms with E-state index in [1.165, 1.54) is 0 Å². The molecule has 0 radical (unpaired) electrons. The number of hydrogen-bond acceptors (Lipinski definition) is 3. The molecule has 0 saturated heterocycles. The summed E-state index contributed by atoms with van der Waals surface area (Å²) in [6, 6.07) is 3.66. The summed E-state index contributed by atoms with van der Waals surface area (Å²) in [5, 5.41) is 10.8. The van der Waals surface area contributed by atoms with Gasteiger partial charge < -0.3 is 14.6 Å². The van der Waals surface area contributed by atoms with Gasteiger partial charge in [-0.2, -0.15) is 0 Å². The number of rotatable bonds is 3. The molecule has 0 aliphatic rings. The maximum absolute atomic E-state index is 10.8. The van der Waals surface area contributed by atoms with E-state index >= 15 is 0 Å². The average molecular weight is 317 g/mol. The molecule has 1 N–H and O–H groups in total. The van der Waals surface area contributed by atoms with E-state index in [0.717, 1.165) is 10.0 Å².